The number of rotatable bonds is 5. The number of para-hydroxylation sites is 1. The van der Waals surface area contributed by atoms with Crippen LogP contribution in [0.15, 0.2) is 23.9 Å². The molecule has 0 saturated carbocycles. The van der Waals surface area contributed by atoms with Crippen molar-refractivity contribution in [3.8, 4) is 11.5 Å². The van der Waals surface area contributed by atoms with Gasteiger partial charge in [0.05, 0.1) is 14.2 Å². The Morgan fingerprint density at radius 1 is 1.32 bits per heavy atom. The predicted octanol–water partition coefficient (Wildman–Crippen LogP) is 0.681. The third-order valence-corrected chi connectivity index (χ3v) is 2.99. The quantitative estimate of drug-likeness (QED) is 0.612. The molecular weight excluding hydrogens is 292 g/mol. The molecule has 116 valence electrons. The number of imide groups is 1. The molecule has 8 heteroatoms. The van der Waals surface area contributed by atoms with E-state index in [1.54, 1.807) is 18.2 Å². The van der Waals surface area contributed by atoms with E-state index in [-0.39, 0.29) is 5.70 Å². The molecule has 0 atom stereocenters. The summed E-state index contributed by atoms with van der Waals surface area (Å²) in [6, 6.07) is 4.28. The van der Waals surface area contributed by atoms with Crippen LogP contribution in [0.5, 0.6) is 11.5 Å². The molecule has 0 bridgehead atoms. The molecule has 0 spiro atoms. The van der Waals surface area contributed by atoms with Gasteiger partial charge in [0.1, 0.15) is 12.2 Å². The molecule has 1 aromatic carbocycles. The smallest absolute Gasteiger partial charge is 0.329 e. The largest absolute Gasteiger partial charge is 0.493 e. The fraction of sp³-hybridized carbons (Fsp3) is 0.214. The highest BCUT2D eigenvalue weighted by atomic mass is 16.5. The van der Waals surface area contributed by atoms with E-state index in [2.05, 4.69) is 5.32 Å². The lowest BCUT2D eigenvalue weighted by Crippen LogP contribution is -2.35. The van der Waals surface area contributed by atoms with Gasteiger partial charge < -0.3 is 19.9 Å². The molecule has 0 unspecified atom stereocenters. The Morgan fingerprint density at radius 3 is 2.64 bits per heavy atom. The molecule has 1 heterocycles. The number of urea groups is 1. The molecule has 2 rings (SSSR count). The number of carboxylic acid groups (broad SMARTS) is 1. The summed E-state index contributed by atoms with van der Waals surface area (Å²) < 4.78 is 10.4. The van der Waals surface area contributed by atoms with Crippen molar-refractivity contribution in [2.75, 3.05) is 20.8 Å². The molecule has 1 aliphatic rings. The Bertz CT molecular complexity index is 667. The summed E-state index contributed by atoms with van der Waals surface area (Å²) in [6.45, 7) is -0.697. The highest BCUT2D eigenvalue weighted by Gasteiger charge is 2.35. The van der Waals surface area contributed by atoms with Crippen LogP contribution < -0.4 is 14.8 Å². The van der Waals surface area contributed by atoms with Crippen molar-refractivity contribution in [2.45, 2.75) is 0 Å². The highest BCUT2D eigenvalue weighted by molar-refractivity contribution is 6.15. The van der Waals surface area contributed by atoms with E-state index in [1.807, 2.05) is 0 Å². The maximum absolute atomic E-state index is 12.0. The fourth-order valence-electron chi connectivity index (χ4n) is 2.03. The van der Waals surface area contributed by atoms with Crippen molar-refractivity contribution < 1.29 is 29.0 Å². The molecule has 0 radical (unpaired) electrons. The molecule has 1 aromatic rings. The van der Waals surface area contributed by atoms with Crippen LogP contribution >= 0.6 is 0 Å². The first-order valence-corrected chi connectivity index (χ1v) is 6.25. The number of amides is 3. The van der Waals surface area contributed by atoms with Gasteiger partial charge in [0, 0.05) is 5.56 Å². The van der Waals surface area contributed by atoms with Gasteiger partial charge in [-0.05, 0) is 12.1 Å². The van der Waals surface area contributed by atoms with Crippen LogP contribution in [-0.4, -0.2) is 48.7 Å². The van der Waals surface area contributed by atoms with Crippen molar-refractivity contribution in [3.63, 3.8) is 0 Å². The average molecular weight is 306 g/mol. The van der Waals surface area contributed by atoms with Gasteiger partial charge in [-0.2, -0.15) is 0 Å². The number of nitrogens with zero attached hydrogens (tertiary/aromatic N) is 1. The highest BCUT2D eigenvalue weighted by Crippen LogP contribution is 2.32. The Kier molecular flexibility index (Phi) is 4.31. The third-order valence-electron chi connectivity index (χ3n) is 2.99. The van der Waals surface area contributed by atoms with Crippen LogP contribution in [0.3, 0.4) is 0 Å². The van der Waals surface area contributed by atoms with Crippen molar-refractivity contribution in [1.82, 2.24) is 10.2 Å². The molecule has 3 amide bonds. The Labute approximate surface area is 125 Å². The van der Waals surface area contributed by atoms with Gasteiger partial charge in [-0.1, -0.05) is 12.1 Å². The molecule has 2 N–H and O–H groups in total. The molecule has 1 saturated heterocycles. The number of aliphatic carboxylic acids is 1. The van der Waals surface area contributed by atoms with Gasteiger partial charge in [0.2, 0.25) is 0 Å². The zero-order valence-electron chi connectivity index (χ0n) is 12.0. The molecule has 8 nitrogen and oxygen atoms in total. The van der Waals surface area contributed by atoms with Crippen molar-refractivity contribution in [3.05, 3.63) is 29.5 Å². The van der Waals surface area contributed by atoms with E-state index in [9.17, 15) is 14.4 Å². The number of nitrogens with one attached hydrogen (secondary N) is 1. The number of ether oxygens (including phenoxy) is 2. The second kappa shape index (κ2) is 6.17. The number of hydrogen-bond acceptors (Lipinski definition) is 5. The minimum absolute atomic E-state index is 0.0298. The van der Waals surface area contributed by atoms with Crippen LogP contribution in [0, 0.1) is 0 Å². The standard InChI is InChI=1S/C14H14N2O6/c1-21-10-5-3-4-8(12(10)22-2)6-9-13(19)16(7-11(17)18)14(20)15-9/h3-6H,7H2,1-2H3,(H,15,20)(H,17,18)/b9-6+. The lowest BCUT2D eigenvalue weighted by molar-refractivity contribution is -0.140. The monoisotopic (exact) mass is 306 g/mol. The first kappa shape index (κ1) is 15.4. The summed E-state index contributed by atoms with van der Waals surface area (Å²) in [6.07, 6.45) is 1.41. The molecular formula is C14H14N2O6. The van der Waals surface area contributed by atoms with Gasteiger partial charge in [-0.3, -0.25) is 9.59 Å². The van der Waals surface area contributed by atoms with Gasteiger partial charge in [-0.25, -0.2) is 9.69 Å². The first-order chi connectivity index (χ1) is 10.5. The Balaban J connectivity index is 2.37. The van der Waals surface area contributed by atoms with E-state index < -0.39 is 24.5 Å². The topological polar surface area (TPSA) is 105 Å². The van der Waals surface area contributed by atoms with E-state index in [0.717, 1.165) is 0 Å². The normalized spacial score (nSPS) is 15.9. The van der Waals surface area contributed by atoms with E-state index in [4.69, 9.17) is 14.6 Å². The summed E-state index contributed by atoms with van der Waals surface area (Å²) in [4.78, 5) is 35.0. The lowest BCUT2D eigenvalue weighted by Gasteiger charge is -2.10. The summed E-state index contributed by atoms with van der Waals surface area (Å²) in [5.41, 5.74) is 0.487. The fourth-order valence-corrected chi connectivity index (χ4v) is 2.03. The summed E-state index contributed by atoms with van der Waals surface area (Å²) in [5.74, 6) is -1.12. The maximum Gasteiger partial charge on any atom is 0.329 e. The first-order valence-electron chi connectivity index (χ1n) is 6.25. The van der Waals surface area contributed by atoms with Crippen LogP contribution in [0.4, 0.5) is 4.79 Å². The van der Waals surface area contributed by atoms with Gasteiger partial charge >= 0.3 is 12.0 Å². The molecule has 1 aliphatic heterocycles. The van der Waals surface area contributed by atoms with E-state index >= 15 is 0 Å². The second-order valence-corrected chi connectivity index (χ2v) is 4.36. The van der Waals surface area contributed by atoms with E-state index in [1.165, 1.54) is 20.3 Å². The Morgan fingerprint density at radius 2 is 2.05 bits per heavy atom. The van der Waals surface area contributed by atoms with Crippen molar-refractivity contribution in [2.24, 2.45) is 0 Å². The van der Waals surface area contributed by atoms with Gasteiger partial charge in [-0.15, -0.1) is 0 Å². The van der Waals surface area contributed by atoms with Gasteiger partial charge in [0.25, 0.3) is 5.91 Å². The van der Waals surface area contributed by atoms with Crippen LogP contribution in [-0.2, 0) is 9.59 Å². The van der Waals surface area contributed by atoms with E-state index in [0.29, 0.717) is 22.0 Å². The summed E-state index contributed by atoms with van der Waals surface area (Å²) in [7, 11) is 2.93. The zero-order valence-corrected chi connectivity index (χ0v) is 12.0. The molecule has 0 aliphatic carbocycles. The third kappa shape index (κ3) is 2.85. The van der Waals surface area contributed by atoms with Crippen molar-refractivity contribution >= 4 is 24.0 Å². The summed E-state index contributed by atoms with van der Waals surface area (Å²) >= 11 is 0. The lowest BCUT2D eigenvalue weighted by atomic mass is 10.1. The van der Waals surface area contributed by atoms with Crippen LogP contribution in [0.2, 0.25) is 0 Å². The minimum Gasteiger partial charge on any atom is -0.493 e. The zero-order chi connectivity index (χ0) is 16.3. The van der Waals surface area contributed by atoms with Crippen molar-refractivity contribution in [1.29, 1.82) is 0 Å². The minimum atomic E-state index is -1.27. The number of carbonyl (C=O) groups is 3. The average Bonchev–Trinajstić information content (AvgIpc) is 2.74. The van der Waals surface area contributed by atoms with Crippen LogP contribution in [0.25, 0.3) is 6.08 Å². The predicted molar refractivity (Wildman–Crippen MR) is 75.4 cm³/mol. The molecule has 0 aromatic heterocycles. The maximum atomic E-state index is 12.0. The SMILES string of the molecule is COc1cccc(/C=C2/NC(=O)N(CC(=O)O)C2=O)c1OC. The number of hydrogen-bond donors (Lipinski definition) is 2. The number of methoxy groups -OCH3 is 2. The number of carbonyl (C=O) groups excluding carboxylic acids is 2. The molecule has 1 fully saturated rings. The second-order valence-electron chi connectivity index (χ2n) is 4.36. The number of benzene rings is 1. The summed E-state index contributed by atoms with van der Waals surface area (Å²) in [5, 5.41) is 11.0. The van der Waals surface area contributed by atoms with Crippen LogP contribution in [0.1, 0.15) is 5.56 Å². The molecule has 22 heavy (non-hydrogen) atoms. The van der Waals surface area contributed by atoms with Gasteiger partial charge in [0.15, 0.2) is 11.5 Å². The Hall–Kier alpha value is -3.03. The number of carboxylic acids is 1.